The molecule has 1 aromatic heterocycles. The van der Waals surface area contributed by atoms with Gasteiger partial charge in [0.1, 0.15) is 5.82 Å². The highest BCUT2D eigenvalue weighted by atomic mass is 16.4. The first-order chi connectivity index (χ1) is 8.56. The minimum absolute atomic E-state index is 0.00698. The normalized spacial score (nSPS) is 10.3. The SMILES string of the molecule is Cc1ccc(-c2cccc(CC(=O)O)c2)c(N)n1. The Bertz CT molecular complexity index is 594. The van der Waals surface area contributed by atoms with E-state index in [2.05, 4.69) is 4.98 Å². The number of nitrogens with zero attached hydrogens (tertiary/aromatic N) is 1. The van der Waals surface area contributed by atoms with Gasteiger partial charge < -0.3 is 10.8 Å². The van der Waals surface area contributed by atoms with Crippen LogP contribution in [0.25, 0.3) is 11.1 Å². The van der Waals surface area contributed by atoms with E-state index >= 15 is 0 Å². The van der Waals surface area contributed by atoms with Crippen molar-refractivity contribution in [2.45, 2.75) is 13.3 Å². The van der Waals surface area contributed by atoms with E-state index in [-0.39, 0.29) is 6.42 Å². The number of pyridine rings is 1. The predicted octanol–water partition coefficient (Wildman–Crippen LogP) is 2.27. The van der Waals surface area contributed by atoms with Gasteiger partial charge in [-0.05, 0) is 30.2 Å². The zero-order valence-corrected chi connectivity index (χ0v) is 10.1. The van der Waals surface area contributed by atoms with Crippen molar-refractivity contribution in [1.29, 1.82) is 0 Å². The maximum Gasteiger partial charge on any atom is 0.307 e. The molecule has 2 rings (SSSR count). The number of nitrogens with two attached hydrogens (primary N) is 1. The van der Waals surface area contributed by atoms with Crippen molar-refractivity contribution in [2.75, 3.05) is 5.73 Å². The van der Waals surface area contributed by atoms with E-state index < -0.39 is 5.97 Å². The Balaban J connectivity index is 2.41. The molecule has 0 fully saturated rings. The third kappa shape index (κ3) is 2.66. The fourth-order valence-corrected chi connectivity index (χ4v) is 1.84. The summed E-state index contributed by atoms with van der Waals surface area (Å²) in [5.74, 6) is -0.385. The van der Waals surface area contributed by atoms with Crippen molar-refractivity contribution in [3.05, 3.63) is 47.7 Å². The van der Waals surface area contributed by atoms with Crippen LogP contribution in [0.5, 0.6) is 0 Å². The number of carboxylic acids is 1. The summed E-state index contributed by atoms with van der Waals surface area (Å²) in [6.45, 7) is 1.88. The maximum atomic E-state index is 10.7. The number of benzene rings is 1. The van der Waals surface area contributed by atoms with Crippen molar-refractivity contribution < 1.29 is 9.90 Å². The van der Waals surface area contributed by atoms with Gasteiger partial charge in [-0.25, -0.2) is 4.98 Å². The molecular weight excluding hydrogens is 228 g/mol. The van der Waals surface area contributed by atoms with E-state index in [4.69, 9.17) is 10.8 Å². The molecule has 0 aliphatic carbocycles. The Morgan fingerprint density at radius 3 is 2.78 bits per heavy atom. The minimum Gasteiger partial charge on any atom is -0.481 e. The molecule has 18 heavy (non-hydrogen) atoms. The van der Waals surface area contributed by atoms with Gasteiger partial charge in [0.25, 0.3) is 0 Å². The molecule has 0 spiro atoms. The molecule has 0 radical (unpaired) electrons. The fraction of sp³-hybridized carbons (Fsp3) is 0.143. The molecular formula is C14H14N2O2. The Hall–Kier alpha value is -2.36. The Labute approximate surface area is 105 Å². The fourth-order valence-electron chi connectivity index (χ4n) is 1.84. The second-order valence-electron chi connectivity index (χ2n) is 4.16. The molecule has 92 valence electrons. The standard InChI is InChI=1S/C14H14N2O2/c1-9-5-6-12(14(15)16-9)11-4-2-3-10(7-11)8-13(17)18/h2-7H,8H2,1H3,(H2,15,16)(H,17,18). The van der Waals surface area contributed by atoms with Crippen LogP contribution in [0.4, 0.5) is 5.82 Å². The molecule has 1 heterocycles. The van der Waals surface area contributed by atoms with E-state index in [1.54, 1.807) is 6.07 Å². The van der Waals surface area contributed by atoms with Gasteiger partial charge in [0.15, 0.2) is 0 Å². The summed E-state index contributed by atoms with van der Waals surface area (Å²) in [4.78, 5) is 14.9. The molecule has 0 atom stereocenters. The van der Waals surface area contributed by atoms with Crippen LogP contribution in [-0.2, 0) is 11.2 Å². The Morgan fingerprint density at radius 1 is 1.33 bits per heavy atom. The monoisotopic (exact) mass is 242 g/mol. The molecule has 0 saturated carbocycles. The molecule has 1 aromatic carbocycles. The zero-order valence-electron chi connectivity index (χ0n) is 10.1. The number of aromatic nitrogens is 1. The first-order valence-electron chi connectivity index (χ1n) is 5.60. The van der Waals surface area contributed by atoms with Crippen LogP contribution >= 0.6 is 0 Å². The van der Waals surface area contributed by atoms with Gasteiger partial charge >= 0.3 is 5.97 Å². The molecule has 0 amide bonds. The topological polar surface area (TPSA) is 76.2 Å². The zero-order chi connectivity index (χ0) is 13.1. The minimum atomic E-state index is -0.845. The third-order valence-electron chi connectivity index (χ3n) is 2.66. The Morgan fingerprint density at radius 2 is 2.11 bits per heavy atom. The average Bonchev–Trinajstić information content (AvgIpc) is 2.28. The summed E-state index contributed by atoms with van der Waals surface area (Å²) >= 11 is 0. The molecule has 0 bridgehead atoms. The Kier molecular flexibility index (Phi) is 3.28. The first-order valence-corrected chi connectivity index (χ1v) is 5.60. The van der Waals surface area contributed by atoms with Crippen LogP contribution < -0.4 is 5.73 Å². The van der Waals surface area contributed by atoms with Crippen molar-refractivity contribution in [2.24, 2.45) is 0 Å². The lowest BCUT2D eigenvalue weighted by Gasteiger charge is -2.07. The summed E-state index contributed by atoms with van der Waals surface area (Å²) in [6.07, 6.45) is 0.00698. The number of aryl methyl sites for hydroxylation is 1. The molecule has 4 nitrogen and oxygen atoms in total. The van der Waals surface area contributed by atoms with Crippen LogP contribution in [-0.4, -0.2) is 16.1 Å². The summed E-state index contributed by atoms with van der Waals surface area (Å²) in [5, 5.41) is 8.78. The van der Waals surface area contributed by atoms with E-state index in [0.717, 1.165) is 22.4 Å². The highest BCUT2D eigenvalue weighted by Crippen LogP contribution is 2.25. The lowest BCUT2D eigenvalue weighted by atomic mass is 10.0. The maximum absolute atomic E-state index is 10.7. The second kappa shape index (κ2) is 4.87. The summed E-state index contributed by atoms with van der Waals surface area (Å²) in [7, 11) is 0. The van der Waals surface area contributed by atoms with E-state index in [0.29, 0.717) is 5.82 Å². The summed E-state index contributed by atoms with van der Waals surface area (Å²) in [5.41, 5.74) is 9.20. The number of anilines is 1. The molecule has 0 unspecified atom stereocenters. The number of hydrogen-bond donors (Lipinski definition) is 2. The quantitative estimate of drug-likeness (QED) is 0.865. The van der Waals surface area contributed by atoms with Gasteiger partial charge in [0.2, 0.25) is 0 Å². The average molecular weight is 242 g/mol. The van der Waals surface area contributed by atoms with Crippen LogP contribution in [0.15, 0.2) is 36.4 Å². The molecule has 4 heteroatoms. The van der Waals surface area contributed by atoms with E-state index in [9.17, 15) is 4.79 Å². The van der Waals surface area contributed by atoms with Gasteiger partial charge in [-0.3, -0.25) is 4.79 Å². The number of carboxylic acid groups (broad SMARTS) is 1. The molecule has 0 aliphatic heterocycles. The molecule has 0 saturated heterocycles. The smallest absolute Gasteiger partial charge is 0.307 e. The van der Waals surface area contributed by atoms with E-state index in [1.165, 1.54) is 0 Å². The third-order valence-corrected chi connectivity index (χ3v) is 2.66. The van der Waals surface area contributed by atoms with Crippen LogP contribution in [0.3, 0.4) is 0 Å². The van der Waals surface area contributed by atoms with Gasteiger partial charge in [-0.2, -0.15) is 0 Å². The van der Waals surface area contributed by atoms with Crippen LogP contribution in [0, 0.1) is 6.92 Å². The highest BCUT2D eigenvalue weighted by Gasteiger charge is 2.06. The summed E-state index contributed by atoms with van der Waals surface area (Å²) in [6, 6.07) is 11.1. The van der Waals surface area contributed by atoms with Gasteiger partial charge in [0, 0.05) is 11.3 Å². The van der Waals surface area contributed by atoms with Crippen molar-refractivity contribution in [1.82, 2.24) is 4.98 Å². The summed E-state index contributed by atoms with van der Waals surface area (Å²) < 4.78 is 0. The molecule has 0 aliphatic rings. The lowest BCUT2D eigenvalue weighted by Crippen LogP contribution is -2.00. The number of rotatable bonds is 3. The number of aliphatic carboxylic acids is 1. The molecule has 2 aromatic rings. The highest BCUT2D eigenvalue weighted by molar-refractivity contribution is 5.76. The van der Waals surface area contributed by atoms with Crippen LogP contribution in [0.1, 0.15) is 11.3 Å². The predicted molar refractivity (Wildman–Crippen MR) is 70.2 cm³/mol. The van der Waals surface area contributed by atoms with Crippen LogP contribution in [0.2, 0.25) is 0 Å². The van der Waals surface area contributed by atoms with Crippen molar-refractivity contribution >= 4 is 11.8 Å². The number of nitrogen functional groups attached to an aromatic ring is 1. The van der Waals surface area contributed by atoms with Crippen molar-refractivity contribution in [3.8, 4) is 11.1 Å². The number of carbonyl (C=O) groups is 1. The van der Waals surface area contributed by atoms with Crippen molar-refractivity contribution in [3.63, 3.8) is 0 Å². The van der Waals surface area contributed by atoms with Gasteiger partial charge in [-0.1, -0.05) is 24.3 Å². The van der Waals surface area contributed by atoms with Gasteiger partial charge in [-0.15, -0.1) is 0 Å². The molecule has 3 N–H and O–H groups in total. The second-order valence-corrected chi connectivity index (χ2v) is 4.16. The van der Waals surface area contributed by atoms with E-state index in [1.807, 2.05) is 37.3 Å². The lowest BCUT2D eigenvalue weighted by molar-refractivity contribution is -0.136. The largest absolute Gasteiger partial charge is 0.481 e. The first kappa shape index (κ1) is 12.1. The van der Waals surface area contributed by atoms with Gasteiger partial charge in [0.05, 0.1) is 6.42 Å². The number of hydrogen-bond acceptors (Lipinski definition) is 3.